The number of fused-ring (bicyclic) bond motifs is 1. The maximum atomic E-state index is 13.2. The van der Waals surface area contributed by atoms with Crippen LogP contribution in [0.15, 0.2) is 58.5 Å². The van der Waals surface area contributed by atoms with E-state index in [9.17, 15) is 23.1 Å². The molecule has 0 radical (unpaired) electrons. The zero-order valence-electron chi connectivity index (χ0n) is 15.9. The Balaban J connectivity index is 1.91. The van der Waals surface area contributed by atoms with Crippen LogP contribution in [0.5, 0.6) is 5.88 Å². The number of hydrogen-bond acceptors (Lipinski definition) is 5. The molecule has 0 amide bonds. The van der Waals surface area contributed by atoms with Gasteiger partial charge in [0.05, 0.1) is 11.1 Å². The Morgan fingerprint density at radius 1 is 1.26 bits per heavy atom. The van der Waals surface area contributed by atoms with Crippen LogP contribution < -0.4 is 10.1 Å². The first kappa shape index (κ1) is 21.7. The third-order valence-electron chi connectivity index (χ3n) is 4.55. The van der Waals surface area contributed by atoms with Crippen LogP contribution in [-0.4, -0.2) is 20.0 Å². The summed E-state index contributed by atoms with van der Waals surface area (Å²) < 4.78 is 41.2. The molecule has 0 aliphatic rings. The van der Waals surface area contributed by atoms with E-state index in [-0.39, 0.29) is 34.6 Å². The predicted molar refractivity (Wildman–Crippen MR) is 114 cm³/mol. The molecule has 31 heavy (non-hydrogen) atoms. The molecule has 5 nitrogen and oxygen atoms in total. The van der Waals surface area contributed by atoms with Crippen molar-refractivity contribution in [2.75, 3.05) is 0 Å². The zero-order chi connectivity index (χ0) is 22.3. The molecule has 0 aliphatic heterocycles. The SMILES string of the molecule is Cc1cccn2c(=O)c(-c3ccc(SC(F)(F)F)cc3)c(O)[n+](Cc3cnc(Cl)s3)c12. The first-order valence-electron chi connectivity index (χ1n) is 8.87. The molecule has 0 unspecified atom stereocenters. The van der Waals surface area contributed by atoms with Crippen molar-refractivity contribution in [2.45, 2.75) is 23.9 Å². The lowest BCUT2D eigenvalue weighted by atomic mass is 10.1. The second kappa shape index (κ2) is 8.18. The van der Waals surface area contributed by atoms with Gasteiger partial charge in [0.25, 0.3) is 11.5 Å². The fraction of sp³-hybridized carbons (Fsp3) is 0.150. The van der Waals surface area contributed by atoms with Crippen molar-refractivity contribution < 1.29 is 22.8 Å². The van der Waals surface area contributed by atoms with Gasteiger partial charge in [0.15, 0.2) is 10.0 Å². The zero-order valence-corrected chi connectivity index (χ0v) is 18.2. The van der Waals surface area contributed by atoms with Crippen LogP contribution in [0.25, 0.3) is 16.8 Å². The average Bonchev–Trinajstić information content (AvgIpc) is 3.10. The molecular weight excluding hydrogens is 471 g/mol. The second-order valence-corrected chi connectivity index (χ2v) is 9.46. The van der Waals surface area contributed by atoms with Crippen LogP contribution in [0.3, 0.4) is 0 Å². The van der Waals surface area contributed by atoms with Gasteiger partial charge in [-0.15, -0.1) is 11.3 Å². The smallest absolute Gasteiger partial charge is 0.446 e. The molecule has 0 aliphatic carbocycles. The standard InChI is InChI=1S/C20H13ClF3N3O2S2/c1-11-3-2-8-26-16(11)27(10-14-9-25-19(21)30-14)18(29)15(17(26)28)12-4-6-13(7-5-12)31-20(22,23)24/h2-9H,10H2,1H3/p+1. The molecule has 11 heteroatoms. The summed E-state index contributed by atoms with van der Waals surface area (Å²) in [6.07, 6.45) is 3.17. The molecule has 0 saturated carbocycles. The van der Waals surface area contributed by atoms with E-state index in [0.717, 1.165) is 10.4 Å². The van der Waals surface area contributed by atoms with Crippen molar-refractivity contribution >= 4 is 40.3 Å². The largest absolute Gasteiger partial charge is 0.477 e. The van der Waals surface area contributed by atoms with Crippen LogP contribution in [0, 0.1) is 6.92 Å². The summed E-state index contributed by atoms with van der Waals surface area (Å²) in [6, 6.07) is 8.84. The van der Waals surface area contributed by atoms with Gasteiger partial charge in [0.1, 0.15) is 6.54 Å². The number of hydrogen-bond donors (Lipinski definition) is 1. The lowest BCUT2D eigenvalue weighted by molar-refractivity contribution is -0.671. The number of aromatic nitrogens is 3. The van der Waals surface area contributed by atoms with Crippen molar-refractivity contribution in [3.8, 4) is 17.0 Å². The predicted octanol–water partition coefficient (Wildman–Crippen LogP) is 5.04. The van der Waals surface area contributed by atoms with E-state index < -0.39 is 11.1 Å². The Hall–Kier alpha value is -2.56. The highest BCUT2D eigenvalue weighted by molar-refractivity contribution is 8.00. The first-order valence-corrected chi connectivity index (χ1v) is 10.9. The number of benzene rings is 1. The van der Waals surface area contributed by atoms with Gasteiger partial charge in [-0.1, -0.05) is 23.7 Å². The molecule has 0 spiro atoms. The molecule has 160 valence electrons. The summed E-state index contributed by atoms with van der Waals surface area (Å²) in [6.45, 7) is 2.02. The van der Waals surface area contributed by atoms with E-state index in [2.05, 4.69) is 4.98 Å². The molecule has 4 rings (SSSR count). The number of thiazole rings is 1. The van der Waals surface area contributed by atoms with Crippen molar-refractivity contribution in [1.29, 1.82) is 0 Å². The Bertz CT molecular complexity index is 1330. The van der Waals surface area contributed by atoms with Gasteiger partial charge in [-0.05, 0) is 48.5 Å². The average molecular weight is 485 g/mol. The number of aryl methyl sites for hydroxylation is 1. The van der Waals surface area contributed by atoms with Gasteiger partial charge in [-0.3, -0.25) is 0 Å². The van der Waals surface area contributed by atoms with E-state index >= 15 is 0 Å². The lowest BCUT2D eigenvalue weighted by Gasteiger charge is -2.11. The van der Waals surface area contributed by atoms with Gasteiger partial charge in [0, 0.05) is 16.7 Å². The van der Waals surface area contributed by atoms with Crippen molar-refractivity contribution in [2.24, 2.45) is 0 Å². The van der Waals surface area contributed by atoms with Crippen LogP contribution in [-0.2, 0) is 6.54 Å². The summed E-state index contributed by atoms with van der Waals surface area (Å²) in [5.74, 6) is -0.292. The highest BCUT2D eigenvalue weighted by Gasteiger charge is 2.30. The maximum Gasteiger partial charge on any atom is 0.446 e. The quantitative estimate of drug-likeness (QED) is 0.326. The van der Waals surface area contributed by atoms with Crippen molar-refractivity contribution in [3.05, 3.63) is 74.1 Å². The molecule has 3 heterocycles. The third-order valence-corrected chi connectivity index (χ3v) is 6.38. The summed E-state index contributed by atoms with van der Waals surface area (Å²) in [5, 5.41) is 11.1. The monoisotopic (exact) mass is 484 g/mol. The van der Waals surface area contributed by atoms with Gasteiger partial charge < -0.3 is 5.11 Å². The molecule has 0 bridgehead atoms. The Kier molecular flexibility index (Phi) is 5.71. The number of aromatic hydroxyl groups is 1. The van der Waals surface area contributed by atoms with Crippen LogP contribution >= 0.6 is 34.7 Å². The fourth-order valence-electron chi connectivity index (χ4n) is 3.30. The third kappa shape index (κ3) is 4.41. The van der Waals surface area contributed by atoms with E-state index in [1.54, 1.807) is 23.0 Å². The molecule has 0 fully saturated rings. The number of pyridine rings is 1. The van der Waals surface area contributed by atoms with Gasteiger partial charge in [-0.2, -0.15) is 22.1 Å². The van der Waals surface area contributed by atoms with E-state index in [1.165, 1.54) is 40.0 Å². The Morgan fingerprint density at radius 3 is 2.58 bits per heavy atom. The minimum atomic E-state index is -4.41. The summed E-state index contributed by atoms with van der Waals surface area (Å²) in [4.78, 5) is 18.0. The minimum absolute atomic E-state index is 0.0118. The maximum absolute atomic E-state index is 13.2. The first-order chi connectivity index (χ1) is 14.6. The number of thioether (sulfide) groups is 1. The molecule has 0 atom stereocenters. The van der Waals surface area contributed by atoms with Crippen LogP contribution in [0.1, 0.15) is 10.4 Å². The van der Waals surface area contributed by atoms with Gasteiger partial charge in [0.2, 0.25) is 0 Å². The molecule has 0 saturated heterocycles. The number of alkyl halides is 3. The van der Waals surface area contributed by atoms with Gasteiger partial charge in [-0.25, -0.2) is 9.78 Å². The number of nitrogens with zero attached hydrogens (tertiary/aromatic N) is 3. The topological polar surface area (TPSA) is 58.5 Å². The second-order valence-electron chi connectivity index (χ2n) is 6.63. The minimum Gasteiger partial charge on any atom is -0.477 e. The molecule has 1 aromatic carbocycles. The summed E-state index contributed by atoms with van der Waals surface area (Å²) >= 11 is 6.93. The normalized spacial score (nSPS) is 11.9. The van der Waals surface area contributed by atoms with Crippen molar-refractivity contribution in [3.63, 3.8) is 0 Å². The summed E-state index contributed by atoms with van der Waals surface area (Å²) in [5.41, 5.74) is -3.35. The summed E-state index contributed by atoms with van der Waals surface area (Å²) in [7, 11) is 0. The highest BCUT2D eigenvalue weighted by atomic mass is 35.5. The Morgan fingerprint density at radius 2 is 1.97 bits per heavy atom. The number of halogens is 4. The van der Waals surface area contributed by atoms with Crippen LogP contribution in [0.4, 0.5) is 13.2 Å². The highest BCUT2D eigenvalue weighted by Crippen LogP contribution is 2.37. The Labute approximate surface area is 187 Å². The number of rotatable bonds is 4. The lowest BCUT2D eigenvalue weighted by Crippen LogP contribution is -2.41. The molecule has 3 aromatic heterocycles. The molecular formula is C20H14ClF3N3O2S2+. The van der Waals surface area contributed by atoms with E-state index in [1.807, 2.05) is 13.0 Å². The van der Waals surface area contributed by atoms with Crippen LogP contribution in [0.2, 0.25) is 4.47 Å². The van der Waals surface area contributed by atoms with E-state index in [4.69, 9.17) is 11.6 Å². The van der Waals surface area contributed by atoms with Gasteiger partial charge >= 0.3 is 11.1 Å². The van der Waals surface area contributed by atoms with Crippen molar-refractivity contribution in [1.82, 2.24) is 9.38 Å². The van der Waals surface area contributed by atoms with E-state index in [0.29, 0.717) is 15.7 Å². The fourth-order valence-corrected chi connectivity index (χ4v) is 4.81. The molecule has 4 aromatic rings. The molecule has 1 N–H and O–H groups in total.